The molecule has 0 aromatic rings. The number of carbonyl (C=O) groups excluding carboxylic acids is 1. The minimum Gasteiger partial charge on any atom is -0.355 e. The molecule has 0 aromatic carbocycles. The van der Waals surface area contributed by atoms with Gasteiger partial charge >= 0.3 is 0 Å². The Morgan fingerprint density at radius 1 is 1.53 bits per heavy atom. The van der Waals surface area contributed by atoms with Crippen LogP contribution in [0.4, 0.5) is 0 Å². The Labute approximate surface area is 93.2 Å². The van der Waals surface area contributed by atoms with Gasteiger partial charge < -0.3 is 11.1 Å². The van der Waals surface area contributed by atoms with E-state index in [0.29, 0.717) is 6.54 Å². The van der Waals surface area contributed by atoms with Crippen LogP contribution in [0.25, 0.3) is 0 Å². The van der Waals surface area contributed by atoms with Crippen molar-refractivity contribution in [1.82, 2.24) is 10.2 Å². The van der Waals surface area contributed by atoms with Crippen molar-refractivity contribution in [3.05, 3.63) is 0 Å². The first-order chi connectivity index (χ1) is 6.86. The van der Waals surface area contributed by atoms with Crippen molar-refractivity contribution in [1.29, 1.82) is 0 Å². The number of likely N-dealkylation sites (N-methyl/N-ethyl adjacent to an activating group) is 1. The first-order valence-corrected chi connectivity index (χ1v) is 5.57. The Kier molecular flexibility index (Phi) is 5.83. The van der Waals surface area contributed by atoms with Gasteiger partial charge in [-0.3, -0.25) is 9.69 Å². The maximum atomic E-state index is 11.7. The highest BCUT2D eigenvalue weighted by Crippen LogP contribution is 2.13. The summed E-state index contributed by atoms with van der Waals surface area (Å²) < 4.78 is 0. The minimum absolute atomic E-state index is 0.0703. The Bertz CT molecular complexity index is 204. The van der Waals surface area contributed by atoms with E-state index < -0.39 is 0 Å². The predicted molar refractivity (Wildman–Crippen MR) is 63.7 cm³/mol. The molecule has 0 bridgehead atoms. The normalized spacial score (nSPS) is 14.1. The average Bonchev–Trinajstić information content (AvgIpc) is 2.23. The molecule has 1 atom stereocenters. The van der Waals surface area contributed by atoms with Crippen molar-refractivity contribution < 1.29 is 4.79 Å². The Morgan fingerprint density at radius 2 is 2.07 bits per heavy atom. The summed E-state index contributed by atoms with van der Waals surface area (Å²) >= 11 is 0. The SMILES string of the molecule is CCCNC(=O)C(C)N(C)C(C)(C)CN. The topological polar surface area (TPSA) is 58.4 Å². The first kappa shape index (κ1) is 14.4. The summed E-state index contributed by atoms with van der Waals surface area (Å²) in [6.45, 7) is 9.29. The van der Waals surface area contributed by atoms with Gasteiger partial charge in [-0.15, -0.1) is 0 Å². The summed E-state index contributed by atoms with van der Waals surface area (Å²) in [5.74, 6) is 0.0703. The van der Waals surface area contributed by atoms with Gasteiger partial charge in [0.25, 0.3) is 0 Å². The van der Waals surface area contributed by atoms with Crippen LogP contribution < -0.4 is 11.1 Å². The molecule has 1 unspecified atom stereocenters. The van der Waals surface area contributed by atoms with Gasteiger partial charge in [-0.05, 0) is 34.2 Å². The number of rotatable bonds is 6. The maximum Gasteiger partial charge on any atom is 0.237 e. The molecule has 0 aliphatic carbocycles. The molecule has 4 heteroatoms. The van der Waals surface area contributed by atoms with Crippen LogP contribution >= 0.6 is 0 Å². The molecule has 0 spiro atoms. The van der Waals surface area contributed by atoms with Gasteiger partial charge in [-0.2, -0.15) is 0 Å². The minimum atomic E-state index is -0.150. The molecule has 15 heavy (non-hydrogen) atoms. The first-order valence-electron chi connectivity index (χ1n) is 5.57. The molecule has 0 aliphatic rings. The molecule has 1 amide bonds. The summed E-state index contributed by atoms with van der Waals surface area (Å²) in [6, 6.07) is -0.143. The molecule has 0 rings (SSSR count). The summed E-state index contributed by atoms with van der Waals surface area (Å²) in [6.07, 6.45) is 0.961. The van der Waals surface area contributed by atoms with Crippen LogP contribution in [0, 0.1) is 0 Å². The number of nitrogens with zero attached hydrogens (tertiary/aromatic N) is 1. The standard InChI is InChI=1S/C11H25N3O/c1-6-7-13-10(15)9(2)14(5)11(3,4)8-12/h9H,6-8,12H2,1-5H3,(H,13,15). The predicted octanol–water partition coefficient (Wildman–Crippen LogP) is 0.570. The van der Waals surface area contributed by atoms with E-state index >= 15 is 0 Å². The van der Waals surface area contributed by atoms with Gasteiger partial charge in [0.15, 0.2) is 0 Å². The second-order valence-corrected chi connectivity index (χ2v) is 4.59. The summed E-state index contributed by atoms with van der Waals surface area (Å²) in [5.41, 5.74) is 5.52. The van der Waals surface area contributed by atoms with Crippen molar-refractivity contribution in [3.8, 4) is 0 Å². The van der Waals surface area contributed by atoms with Crippen LogP contribution in [0.2, 0.25) is 0 Å². The summed E-state index contributed by atoms with van der Waals surface area (Å²) in [7, 11) is 1.93. The zero-order valence-corrected chi connectivity index (χ0v) is 10.6. The van der Waals surface area contributed by atoms with Gasteiger partial charge in [-0.1, -0.05) is 6.92 Å². The molecule has 0 aromatic heterocycles. The van der Waals surface area contributed by atoms with E-state index in [4.69, 9.17) is 5.73 Å². The second-order valence-electron chi connectivity index (χ2n) is 4.59. The van der Waals surface area contributed by atoms with E-state index in [-0.39, 0.29) is 17.5 Å². The summed E-state index contributed by atoms with van der Waals surface area (Å²) in [5, 5.41) is 2.89. The molecular weight excluding hydrogens is 190 g/mol. The van der Waals surface area contributed by atoms with Crippen molar-refractivity contribution >= 4 is 5.91 Å². The Hall–Kier alpha value is -0.610. The molecule has 0 radical (unpaired) electrons. The maximum absolute atomic E-state index is 11.7. The fourth-order valence-corrected chi connectivity index (χ4v) is 1.24. The molecular formula is C11H25N3O. The third-order valence-corrected chi connectivity index (χ3v) is 2.96. The van der Waals surface area contributed by atoms with Crippen LogP contribution in [-0.4, -0.2) is 42.5 Å². The molecule has 0 fully saturated rings. The molecule has 4 nitrogen and oxygen atoms in total. The smallest absolute Gasteiger partial charge is 0.237 e. The van der Waals surface area contributed by atoms with E-state index in [1.165, 1.54) is 0 Å². The molecule has 3 N–H and O–H groups in total. The highest BCUT2D eigenvalue weighted by Gasteiger charge is 2.29. The number of nitrogens with two attached hydrogens (primary N) is 1. The summed E-state index contributed by atoms with van der Waals surface area (Å²) in [4.78, 5) is 13.7. The van der Waals surface area contributed by atoms with Gasteiger partial charge in [0.05, 0.1) is 6.04 Å². The zero-order chi connectivity index (χ0) is 12.1. The zero-order valence-electron chi connectivity index (χ0n) is 10.6. The van der Waals surface area contributed by atoms with E-state index in [1.54, 1.807) is 0 Å². The van der Waals surface area contributed by atoms with Gasteiger partial charge in [0, 0.05) is 18.6 Å². The Balaban J connectivity index is 4.30. The van der Waals surface area contributed by atoms with Crippen molar-refractivity contribution in [2.75, 3.05) is 20.1 Å². The monoisotopic (exact) mass is 215 g/mol. The fourth-order valence-electron chi connectivity index (χ4n) is 1.24. The lowest BCUT2D eigenvalue weighted by Gasteiger charge is -2.38. The van der Waals surface area contributed by atoms with Crippen LogP contribution in [0.5, 0.6) is 0 Å². The number of hydrogen-bond acceptors (Lipinski definition) is 3. The van der Waals surface area contributed by atoms with E-state index in [0.717, 1.165) is 13.0 Å². The molecule has 0 saturated heterocycles. The van der Waals surface area contributed by atoms with Crippen LogP contribution in [0.15, 0.2) is 0 Å². The van der Waals surface area contributed by atoms with Crippen molar-refractivity contribution in [2.24, 2.45) is 5.73 Å². The lowest BCUT2D eigenvalue weighted by atomic mass is 10.0. The highest BCUT2D eigenvalue weighted by atomic mass is 16.2. The van der Waals surface area contributed by atoms with Crippen molar-refractivity contribution in [3.63, 3.8) is 0 Å². The largest absolute Gasteiger partial charge is 0.355 e. The van der Waals surface area contributed by atoms with E-state index in [2.05, 4.69) is 5.32 Å². The average molecular weight is 215 g/mol. The number of hydrogen-bond donors (Lipinski definition) is 2. The highest BCUT2D eigenvalue weighted by molar-refractivity contribution is 5.81. The molecule has 0 saturated carbocycles. The molecule has 0 heterocycles. The number of amides is 1. The van der Waals surface area contributed by atoms with Gasteiger partial charge in [-0.25, -0.2) is 0 Å². The quantitative estimate of drug-likeness (QED) is 0.681. The number of nitrogens with one attached hydrogen (secondary N) is 1. The van der Waals surface area contributed by atoms with Crippen LogP contribution in [-0.2, 0) is 4.79 Å². The molecule has 90 valence electrons. The third-order valence-electron chi connectivity index (χ3n) is 2.96. The second kappa shape index (κ2) is 6.08. The Morgan fingerprint density at radius 3 is 2.47 bits per heavy atom. The van der Waals surface area contributed by atoms with Crippen molar-refractivity contribution in [2.45, 2.75) is 45.7 Å². The number of carbonyl (C=O) groups is 1. The molecule has 0 aliphatic heterocycles. The van der Waals surface area contributed by atoms with Gasteiger partial charge in [0.1, 0.15) is 0 Å². The fraction of sp³-hybridized carbons (Fsp3) is 0.909. The van der Waals surface area contributed by atoms with E-state index in [9.17, 15) is 4.79 Å². The van der Waals surface area contributed by atoms with Crippen LogP contribution in [0.1, 0.15) is 34.1 Å². The van der Waals surface area contributed by atoms with Crippen LogP contribution in [0.3, 0.4) is 0 Å². The van der Waals surface area contributed by atoms with Gasteiger partial charge in [0.2, 0.25) is 5.91 Å². The lowest BCUT2D eigenvalue weighted by molar-refractivity contribution is -0.127. The third kappa shape index (κ3) is 4.18. The van der Waals surface area contributed by atoms with E-state index in [1.807, 2.05) is 39.6 Å². The lowest BCUT2D eigenvalue weighted by Crippen LogP contribution is -2.55.